The first-order valence-corrected chi connectivity index (χ1v) is 12.0. The molecule has 4 rings (SSSR count). The number of halogens is 1. The zero-order chi connectivity index (χ0) is 24.2. The van der Waals surface area contributed by atoms with Gasteiger partial charge in [0.25, 0.3) is 0 Å². The SMILES string of the molecule is CCO[C@@H]1C[C@H](C(=O)Nc2ccc(-n3nc(C)sc3=N)cc2)N(C(=O)Nc2ccc(Cl)cc2)C1. The van der Waals surface area contributed by atoms with E-state index in [1.807, 2.05) is 13.8 Å². The molecule has 0 unspecified atom stereocenters. The van der Waals surface area contributed by atoms with Gasteiger partial charge in [0.05, 0.1) is 11.8 Å². The van der Waals surface area contributed by atoms with Gasteiger partial charge in [-0.2, -0.15) is 5.10 Å². The average molecular weight is 501 g/mol. The standard InChI is InChI=1S/C23H25ClN6O3S/c1-3-33-19-12-20(29(13-19)23(32)27-17-6-4-15(24)5-7-17)21(31)26-16-8-10-18(11-9-16)30-22(25)34-14(2)28-30/h4-11,19-20,25H,3,12-13H2,1-2H3,(H,26,31)(H,27,32)/t19-,20-/m1/s1. The lowest BCUT2D eigenvalue weighted by atomic mass is 10.1. The normalized spacial score (nSPS) is 17.6. The lowest BCUT2D eigenvalue weighted by Crippen LogP contribution is -2.45. The lowest BCUT2D eigenvalue weighted by Gasteiger charge is -2.24. The molecule has 3 N–H and O–H groups in total. The van der Waals surface area contributed by atoms with E-state index in [1.54, 1.807) is 48.5 Å². The Balaban J connectivity index is 1.46. The third-order valence-corrected chi connectivity index (χ3v) is 6.38. The van der Waals surface area contributed by atoms with Crippen molar-refractivity contribution < 1.29 is 14.3 Å². The van der Waals surface area contributed by atoms with E-state index in [4.69, 9.17) is 21.7 Å². The molecule has 2 atom stereocenters. The molecule has 9 nitrogen and oxygen atoms in total. The maximum Gasteiger partial charge on any atom is 0.322 e. The molecule has 1 saturated heterocycles. The minimum absolute atomic E-state index is 0.223. The molecule has 2 aromatic carbocycles. The second kappa shape index (κ2) is 10.4. The first kappa shape index (κ1) is 23.9. The first-order valence-electron chi connectivity index (χ1n) is 10.8. The van der Waals surface area contributed by atoms with E-state index in [9.17, 15) is 9.59 Å². The highest BCUT2D eigenvalue weighted by Crippen LogP contribution is 2.24. The van der Waals surface area contributed by atoms with Crippen LogP contribution in [-0.4, -0.2) is 51.9 Å². The van der Waals surface area contributed by atoms with Gasteiger partial charge in [-0.25, -0.2) is 9.48 Å². The van der Waals surface area contributed by atoms with E-state index in [0.717, 1.165) is 10.7 Å². The fraction of sp³-hybridized carbons (Fsp3) is 0.304. The van der Waals surface area contributed by atoms with Crippen LogP contribution < -0.4 is 15.4 Å². The van der Waals surface area contributed by atoms with Crippen LogP contribution in [0.4, 0.5) is 16.2 Å². The summed E-state index contributed by atoms with van der Waals surface area (Å²) in [7, 11) is 0. The van der Waals surface area contributed by atoms with E-state index < -0.39 is 6.04 Å². The van der Waals surface area contributed by atoms with Crippen molar-refractivity contribution in [3.8, 4) is 5.69 Å². The maximum absolute atomic E-state index is 13.1. The molecule has 0 radical (unpaired) electrons. The van der Waals surface area contributed by atoms with Crippen LogP contribution >= 0.6 is 22.9 Å². The van der Waals surface area contributed by atoms with Crippen molar-refractivity contribution in [2.24, 2.45) is 0 Å². The van der Waals surface area contributed by atoms with Gasteiger partial charge in [-0.3, -0.25) is 10.2 Å². The number of rotatable bonds is 6. The Morgan fingerprint density at radius 3 is 2.41 bits per heavy atom. The molecule has 178 valence electrons. The maximum atomic E-state index is 13.1. The van der Waals surface area contributed by atoms with Crippen LogP contribution in [0.15, 0.2) is 48.5 Å². The predicted molar refractivity (Wildman–Crippen MR) is 132 cm³/mol. The van der Waals surface area contributed by atoms with E-state index in [2.05, 4.69) is 15.7 Å². The van der Waals surface area contributed by atoms with E-state index in [0.29, 0.717) is 40.8 Å². The van der Waals surface area contributed by atoms with Crippen molar-refractivity contribution in [3.63, 3.8) is 0 Å². The van der Waals surface area contributed by atoms with Crippen molar-refractivity contribution in [3.05, 3.63) is 63.4 Å². The number of aryl methyl sites for hydroxylation is 1. The summed E-state index contributed by atoms with van der Waals surface area (Å²) in [4.78, 5) is 27.9. The number of amides is 3. The largest absolute Gasteiger partial charge is 0.377 e. The molecule has 1 fully saturated rings. The highest BCUT2D eigenvalue weighted by Gasteiger charge is 2.40. The van der Waals surface area contributed by atoms with Crippen molar-refractivity contribution in [1.29, 1.82) is 5.41 Å². The van der Waals surface area contributed by atoms with Gasteiger partial charge in [0.15, 0.2) is 0 Å². The summed E-state index contributed by atoms with van der Waals surface area (Å²) in [5.41, 5.74) is 1.91. The van der Waals surface area contributed by atoms with Crippen LogP contribution in [0.1, 0.15) is 18.4 Å². The zero-order valence-corrected chi connectivity index (χ0v) is 20.3. The molecule has 0 bridgehead atoms. The smallest absolute Gasteiger partial charge is 0.322 e. The fourth-order valence-corrected chi connectivity index (χ4v) is 4.59. The van der Waals surface area contributed by atoms with Gasteiger partial charge in [-0.05, 0) is 62.4 Å². The summed E-state index contributed by atoms with van der Waals surface area (Å²) >= 11 is 7.21. The van der Waals surface area contributed by atoms with Crippen molar-refractivity contribution in [2.45, 2.75) is 32.4 Å². The number of hydrogen-bond acceptors (Lipinski definition) is 6. The molecule has 0 spiro atoms. The summed E-state index contributed by atoms with van der Waals surface area (Å²) in [6.45, 7) is 4.55. The zero-order valence-electron chi connectivity index (χ0n) is 18.7. The summed E-state index contributed by atoms with van der Waals surface area (Å²) in [6, 6.07) is 12.8. The van der Waals surface area contributed by atoms with Gasteiger partial charge in [0.1, 0.15) is 11.0 Å². The minimum Gasteiger partial charge on any atom is -0.377 e. The number of hydrogen-bond donors (Lipinski definition) is 3. The Hall–Kier alpha value is -3.21. The van der Waals surface area contributed by atoms with Gasteiger partial charge >= 0.3 is 6.03 Å². The molecule has 1 aliphatic rings. The van der Waals surface area contributed by atoms with E-state index >= 15 is 0 Å². The summed E-state index contributed by atoms with van der Waals surface area (Å²) in [6.07, 6.45) is 0.181. The number of nitrogens with one attached hydrogen (secondary N) is 3. The van der Waals surface area contributed by atoms with Crippen molar-refractivity contribution in [2.75, 3.05) is 23.8 Å². The number of carbonyl (C=O) groups is 2. The highest BCUT2D eigenvalue weighted by molar-refractivity contribution is 7.08. The van der Waals surface area contributed by atoms with Gasteiger partial charge in [0.2, 0.25) is 10.7 Å². The van der Waals surface area contributed by atoms with E-state index in [-0.39, 0.29) is 18.0 Å². The molecular weight excluding hydrogens is 476 g/mol. The molecule has 1 aromatic heterocycles. The first-order chi connectivity index (χ1) is 16.3. The quantitative estimate of drug-likeness (QED) is 0.474. The minimum atomic E-state index is -0.682. The highest BCUT2D eigenvalue weighted by atomic mass is 35.5. The van der Waals surface area contributed by atoms with Crippen molar-refractivity contribution in [1.82, 2.24) is 14.7 Å². The summed E-state index contributed by atoms with van der Waals surface area (Å²) in [5, 5.41) is 19.4. The number of carbonyl (C=O) groups excluding carboxylic acids is 2. The second-order valence-electron chi connectivity index (χ2n) is 7.79. The Labute approximate surface area is 205 Å². The van der Waals surface area contributed by atoms with Gasteiger partial charge < -0.3 is 20.3 Å². The second-order valence-corrected chi connectivity index (χ2v) is 9.41. The predicted octanol–water partition coefficient (Wildman–Crippen LogP) is 4.03. The van der Waals surface area contributed by atoms with E-state index in [1.165, 1.54) is 20.9 Å². The van der Waals surface area contributed by atoms with Crippen LogP contribution in [-0.2, 0) is 9.53 Å². The van der Waals surface area contributed by atoms with Gasteiger partial charge in [-0.1, -0.05) is 22.9 Å². The fourth-order valence-electron chi connectivity index (χ4n) is 3.83. The van der Waals surface area contributed by atoms with Gasteiger partial charge in [0, 0.05) is 36.0 Å². The summed E-state index contributed by atoms with van der Waals surface area (Å²) in [5.74, 6) is -0.292. The van der Waals surface area contributed by atoms with Crippen LogP contribution in [0.5, 0.6) is 0 Å². The monoisotopic (exact) mass is 500 g/mol. The van der Waals surface area contributed by atoms with Crippen LogP contribution in [0, 0.1) is 12.3 Å². The molecule has 2 heterocycles. The number of ether oxygens (including phenoxy) is 1. The van der Waals surface area contributed by atoms with Crippen molar-refractivity contribution >= 4 is 46.3 Å². The van der Waals surface area contributed by atoms with Gasteiger partial charge in [-0.15, -0.1) is 0 Å². The summed E-state index contributed by atoms with van der Waals surface area (Å²) < 4.78 is 7.25. The number of benzene rings is 2. The van der Waals surface area contributed by atoms with Crippen LogP contribution in [0.2, 0.25) is 5.02 Å². The van der Waals surface area contributed by atoms with Crippen LogP contribution in [0.3, 0.4) is 0 Å². The molecular formula is C23H25ClN6O3S. The number of aromatic nitrogens is 2. The molecule has 3 aromatic rings. The molecule has 3 amide bonds. The average Bonchev–Trinajstić information content (AvgIpc) is 3.39. The molecule has 0 aliphatic carbocycles. The number of urea groups is 1. The Morgan fingerprint density at radius 2 is 1.79 bits per heavy atom. The van der Waals surface area contributed by atoms with Crippen LogP contribution in [0.25, 0.3) is 5.69 Å². The molecule has 11 heteroatoms. The number of nitrogens with zero attached hydrogens (tertiary/aromatic N) is 3. The lowest BCUT2D eigenvalue weighted by molar-refractivity contribution is -0.119. The molecule has 1 aliphatic heterocycles. The molecule has 34 heavy (non-hydrogen) atoms. The topological polar surface area (TPSA) is 112 Å². The third-order valence-electron chi connectivity index (χ3n) is 5.38. The Morgan fingerprint density at radius 1 is 1.15 bits per heavy atom. The number of likely N-dealkylation sites (tertiary alicyclic amines) is 1. The number of anilines is 2. The Bertz CT molecular complexity index is 1220. The third kappa shape index (κ3) is 5.46. The Kier molecular flexibility index (Phi) is 7.30. The molecule has 0 saturated carbocycles.